The maximum atomic E-state index is 5.74. The minimum atomic E-state index is 0.240. The summed E-state index contributed by atoms with van der Waals surface area (Å²) >= 11 is 1.35. The van der Waals surface area contributed by atoms with E-state index in [1.807, 2.05) is 20.8 Å². The molecule has 0 spiro atoms. The number of hydrogen-bond donors (Lipinski definition) is 1. The Kier molecular flexibility index (Phi) is 3.33. The fourth-order valence-corrected chi connectivity index (χ4v) is 2.02. The molecule has 0 aliphatic carbocycles. The highest BCUT2D eigenvalue weighted by Crippen LogP contribution is 2.27. The summed E-state index contributed by atoms with van der Waals surface area (Å²) in [5, 5.41) is 1.32. The molecule has 2 heterocycles. The number of rotatable bonds is 3. The molecule has 0 unspecified atom stereocenters. The first-order valence-corrected chi connectivity index (χ1v) is 6.10. The van der Waals surface area contributed by atoms with Crippen molar-refractivity contribution in [2.75, 3.05) is 5.73 Å². The number of aryl methyl sites for hydroxylation is 1. The minimum Gasteiger partial charge on any atom is -0.439 e. The molecule has 90 valence electrons. The van der Waals surface area contributed by atoms with Crippen molar-refractivity contribution in [3.8, 4) is 0 Å². The summed E-state index contributed by atoms with van der Waals surface area (Å²) in [7, 11) is 0. The molecule has 0 radical (unpaired) electrons. The van der Waals surface area contributed by atoms with Crippen LogP contribution in [0.5, 0.6) is 0 Å². The van der Waals surface area contributed by atoms with Crippen molar-refractivity contribution in [3.63, 3.8) is 0 Å². The van der Waals surface area contributed by atoms with Crippen LogP contribution in [0.4, 0.5) is 5.82 Å². The fourth-order valence-electron chi connectivity index (χ4n) is 1.24. The normalized spacial score (nSPS) is 11.1. The van der Waals surface area contributed by atoms with Crippen molar-refractivity contribution >= 4 is 17.6 Å². The number of oxazole rings is 1. The first-order chi connectivity index (χ1) is 8.04. The largest absolute Gasteiger partial charge is 0.439 e. The van der Waals surface area contributed by atoms with Crippen LogP contribution in [0.2, 0.25) is 0 Å². The predicted octanol–water partition coefficient (Wildman–Crippen LogP) is 2.63. The van der Waals surface area contributed by atoms with E-state index in [4.69, 9.17) is 10.2 Å². The van der Waals surface area contributed by atoms with Crippen LogP contribution in [-0.2, 0) is 0 Å². The third-order valence-corrected chi connectivity index (χ3v) is 2.83. The topological polar surface area (TPSA) is 77.8 Å². The monoisotopic (exact) mass is 250 g/mol. The minimum absolute atomic E-state index is 0.240. The Labute approximate surface area is 104 Å². The van der Waals surface area contributed by atoms with Crippen LogP contribution < -0.4 is 5.73 Å². The molecule has 2 aromatic rings. The molecule has 0 saturated heterocycles. The Balaban J connectivity index is 2.26. The van der Waals surface area contributed by atoms with Crippen LogP contribution >= 0.6 is 11.8 Å². The zero-order valence-electron chi connectivity index (χ0n) is 9.97. The molecule has 0 fully saturated rings. The van der Waals surface area contributed by atoms with Crippen molar-refractivity contribution in [3.05, 3.63) is 23.8 Å². The van der Waals surface area contributed by atoms with Crippen LogP contribution in [0.3, 0.4) is 0 Å². The van der Waals surface area contributed by atoms with Gasteiger partial charge >= 0.3 is 0 Å². The lowest BCUT2D eigenvalue weighted by Gasteiger charge is -2.06. The van der Waals surface area contributed by atoms with Gasteiger partial charge < -0.3 is 10.2 Å². The predicted molar refractivity (Wildman–Crippen MR) is 65.9 cm³/mol. The molecule has 2 N–H and O–H groups in total. The van der Waals surface area contributed by atoms with Crippen LogP contribution in [-0.4, -0.2) is 15.0 Å². The summed E-state index contributed by atoms with van der Waals surface area (Å²) in [5.41, 5.74) is 6.59. The van der Waals surface area contributed by atoms with Gasteiger partial charge in [0.25, 0.3) is 5.22 Å². The van der Waals surface area contributed by atoms with Crippen molar-refractivity contribution in [2.45, 2.75) is 36.9 Å². The van der Waals surface area contributed by atoms with Crippen molar-refractivity contribution in [1.82, 2.24) is 15.0 Å². The second kappa shape index (κ2) is 4.75. The SMILES string of the molecule is Cc1coc(Sc2cc(N)nc(C(C)C)n2)n1. The highest BCUT2D eigenvalue weighted by atomic mass is 32.2. The van der Waals surface area contributed by atoms with E-state index >= 15 is 0 Å². The lowest BCUT2D eigenvalue weighted by Crippen LogP contribution is -2.02. The number of aromatic nitrogens is 3. The highest BCUT2D eigenvalue weighted by Gasteiger charge is 2.10. The van der Waals surface area contributed by atoms with Crippen LogP contribution in [0.15, 0.2) is 27.0 Å². The van der Waals surface area contributed by atoms with Crippen LogP contribution in [0, 0.1) is 6.92 Å². The standard InChI is InChI=1S/C11H14N4OS/c1-6(2)10-14-8(12)4-9(15-10)17-11-13-7(3)5-16-11/h4-6H,1-3H3,(H2,12,14,15). The Bertz CT molecular complexity index is 524. The Hall–Kier alpha value is -1.56. The van der Waals surface area contributed by atoms with E-state index in [9.17, 15) is 0 Å². The van der Waals surface area contributed by atoms with Gasteiger partial charge in [-0.3, -0.25) is 0 Å². The Morgan fingerprint density at radius 1 is 1.29 bits per heavy atom. The second-order valence-corrected chi connectivity index (χ2v) is 4.97. The molecule has 6 heteroatoms. The van der Waals surface area contributed by atoms with Gasteiger partial charge in [0, 0.05) is 12.0 Å². The molecule has 0 saturated carbocycles. The van der Waals surface area contributed by atoms with Crippen molar-refractivity contribution in [1.29, 1.82) is 0 Å². The summed E-state index contributed by atoms with van der Waals surface area (Å²) in [5.74, 6) is 1.44. The number of nitrogen functional groups attached to an aromatic ring is 1. The molecular weight excluding hydrogens is 236 g/mol. The fraction of sp³-hybridized carbons (Fsp3) is 0.364. The Morgan fingerprint density at radius 2 is 2.06 bits per heavy atom. The van der Waals surface area contributed by atoms with Gasteiger partial charge in [-0.15, -0.1) is 0 Å². The molecule has 0 aliphatic rings. The van der Waals surface area contributed by atoms with E-state index in [-0.39, 0.29) is 5.92 Å². The lowest BCUT2D eigenvalue weighted by atomic mass is 10.2. The van der Waals surface area contributed by atoms with Gasteiger partial charge in [0.2, 0.25) is 0 Å². The Morgan fingerprint density at radius 3 is 2.65 bits per heavy atom. The van der Waals surface area contributed by atoms with E-state index < -0.39 is 0 Å². The first-order valence-electron chi connectivity index (χ1n) is 5.29. The van der Waals surface area contributed by atoms with Crippen molar-refractivity contribution < 1.29 is 4.42 Å². The molecule has 17 heavy (non-hydrogen) atoms. The molecule has 5 nitrogen and oxygen atoms in total. The van der Waals surface area contributed by atoms with E-state index in [0.29, 0.717) is 11.0 Å². The number of nitrogens with zero attached hydrogens (tertiary/aromatic N) is 3. The van der Waals surface area contributed by atoms with Gasteiger partial charge in [0.1, 0.15) is 22.9 Å². The van der Waals surface area contributed by atoms with Gasteiger partial charge in [0.05, 0.1) is 5.69 Å². The summed E-state index contributed by atoms with van der Waals surface area (Å²) in [6.07, 6.45) is 1.61. The summed E-state index contributed by atoms with van der Waals surface area (Å²) in [6, 6.07) is 1.72. The first kappa shape index (κ1) is 11.9. The molecule has 0 bridgehead atoms. The van der Waals surface area contributed by atoms with Gasteiger partial charge in [-0.1, -0.05) is 13.8 Å². The maximum Gasteiger partial charge on any atom is 0.262 e. The van der Waals surface area contributed by atoms with Gasteiger partial charge in [-0.25, -0.2) is 15.0 Å². The van der Waals surface area contributed by atoms with E-state index in [2.05, 4.69) is 15.0 Å². The van der Waals surface area contributed by atoms with E-state index in [0.717, 1.165) is 16.5 Å². The molecule has 0 aliphatic heterocycles. The average molecular weight is 250 g/mol. The summed E-state index contributed by atoms with van der Waals surface area (Å²) in [4.78, 5) is 12.8. The van der Waals surface area contributed by atoms with E-state index in [1.54, 1.807) is 12.3 Å². The molecule has 2 rings (SSSR count). The van der Waals surface area contributed by atoms with Crippen LogP contribution in [0.1, 0.15) is 31.3 Å². The van der Waals surface area contributed by atoms with Crippen LogP contribution in [0.25, 0.3) is 0 Å². The van der Waals surface area contributed by atoms with Crippen molar-refractivity contribution in [2.24, 2.45) is 0 Å². The van der Waals surface area contributed by atoms with Gasteiger partial charge in [-0.05, 0) is 18.7 Å². The summed E-state index contributed by atoms with van der Waals surface area (Å²) < 4.78 is 5.26. The molecule has 0 amide bonds. The molecule has 2 aromatic heterocycles. The third kappa shape index (κ3) is 2.97. The third-order valence-electron chi connectivity index (χ3n) is 2.05. The smallest absolute Gasteiger partial charge is 0.262 e. The quantitative estimate of drug-likeness (QED) is 0.844. The number of hydrogen-bond acceptors (Lipinski definition) is 6. The lowest BCUT2D eigenvalue weighted by molar-refractivity contribution is 0.453. The average Bonchev–Trinajstić information content (AvgIpc) is 2.63. The number of nitrogens with two attached hydrogens (primary N) is 1. The zero-order chi connectivity index (χ0) is 12.4. The van der Waals surface area contributed by atoms with E-state index in [1.165, 1.54) is 11.8 Å². The summed E-state index contributed by atoms with van der Waals surface area (Å²) in [6.45, 7) is 5.93. The highest BCUT2D eigenvalue weighted by molar-refractivity contribution is 7.99. The van der Waals surface area contributed by atoms with Gasteiger partial charge in [0.15, 0.2) is 0 Å². The molecular formula is C11H14N4OS. The van der Waals surface area contributed by atoms with Gasteiger partial charge in [-0.2, -0.15) is 0 Å². The molecule has 0 atom stereocenters. The molecule has 0 aromatic carbocycles. The number of anilines is 1. The second-order valence-electron chi connectivity index (χ2n) is 4.00. The zero-order valence-corrected chi connectivity index (χ0v) is 10.8. The maximum absolute atomic E-state index is 5.74.